The highest BCUT2D eigenvalue weighted by Crippen LogP contribution is 2.35. The van der Waals surface area contributed by atoms with E-state index in [1.54, 1.807) is 19.2 Å². The van der Waals surface area contributed by atoms with Gasteiger partial charge in [-0.2, -0.15) is 4.31 Å². The third kappa shape index (κ3) is 5.47. The van der Waals surface area contributed by atoms with Crippen molar-refractivity contribution in [3.63, 3.8) is 0 Å². The number of hydrogen-bond donors (Lipinski definition) is 1. The van der Waals surface area contributed by atoms with E-state index in [1.165, 1.54) is 42.0 Å². The lowest BCUT2D eigenvalue weighted by Crippen LogP contribution is -2.51. The highest BCUT2D eigenvalue weighted by Gasteiger charge is 2.41. The Morgan fingerprint density at radius 3 is 2.53 bits per heavy atom. The van der Waals surface area contributed by atoms with Crippen LogP contribution in [-0.4, -0.2) is 38.8 Å². The molecule has 2 aromatic rings. The van der Waals surface area contributed by atoms with E-state index in [-0.39, 0.29) is 12.5 Å². The van der Waals surface area contributed by atoms with E-state index < -0.39 is 15.4 Å². The van der Waals surface area contributed by atoms with E-state index in [0.717, 1.165) is 11.3 Å². The number of rotatable bonds is 7. The molecule has 0 spiro atoms. The van der Waals surface area contributed by atoms with Crippen LogP contribution in [0.4, 0.5) is 0 Å². The standard InChI is InChI=1S/C27H36N2O4S/c1-27(26(30)28-19-21-8-6-11-24(18-21)33-2)16-7-17-29(20-27)34(31,32)25-14-12-23(13-15-25)22-9-4-3-5-10-22/h6,8,11-15,18,22H,3-5,7,9-10,16-17,19-20H2,1-2H3,(H,28,30)/t27-/m0/s1. The molecule has 2 fully saturated rings. The largest absolute Gasteiger partial charge is 0.497 e. The first-order valence-corrected chi connectivity index (χ1v) is 13.8. The van der Waals surface area contributed by atoms with Crippen molar-refractivity contribution in [1.82, 2.24) is 9.62 Å². The summed E-state index contributed by atoms with van der Waals surface area (Å²) in [4.78, 5) is 13.4. The minimum Gasteiger partial charge on any atom is -0.497 e. The van der Waals surface area contributed by atoms with Crippen molar-refractivity contribution in [3.8, 4) is 5.75 Å². The van der Waals surface area contributed by atoms with Gasteiger partial charge in [-0.05, 0) is 73.9 Å². The average molecular weight is 485 g/mol. The minimum atomic E-state index is -3.65. The zero-order valence-corrected chi connectivity index (χ0v) is 21.1. The van der Waals surface area contributed by atoms with E-state index >= 15 is 0 Å². The molecule has 6 nitrogen and oxygen atoms in total. The fourth-order valence-electron chi connectivity index (χ4n) is 5.26. The van der Waals surface area contributed by atoms with Crippen molar-refractivity contribution in [1.29, 1.82) is 0 Å². The van der Waals surface area contributed by atoms with Gasteiger partial charge in [-0.15, -0.1) is 0 Å². The molecule has 1 atom stereocenters. The second-order valence-electron chi connectivity index (χ2n) is 9.94. The Bertz CT molecular complexity index is 1090. The number of methoxy groups -OCH3 is 1. The molecule has 0 radical (unpaired) electrons. The third-order valence-corrected chi connectivity index (χ3v) is 9.25. The number of carbonyl (C=O) groups excluding carboxylic acids is 1. The number of hydrogen-bond acceptors (Lipinski definition) is 4. The van der Waals surface area contributed by atoms with E-state index in [4.69, 9.17) is 4.74 Å². The lowest BCUT2D eigenvalue weighted by molar-refractivity contribution is -0.132. The molecule has 0 bridgehead atoms. The van der Waals surface area contributed by atoms with Crippen LogP contribution in [0.25, 0.3) is 0 Å². The molecule has 184 valence electrons. The van der Waals surface area contributed by atoms with E-state index in [2.05, 4.69) is 5.32 Å². The molecule has 2 aliphatic rings. The predicted molar refractivity (Wildman–Crippen MR) is 133 cm³/mol. The second kappa shape index (κ2) is 10.5. The lowest BCUT2D eigenvalue weighted by atomic mass is 9.82. The molecule has 1 saturated heterocycles. The topological polar surface area (TPSA) is 75.7 Å². The number of benzene rings is 2. The molecule has 1 aliphatic carbocycles. The Labute approximate surface area is 203 Å². The van der Waals surface area contributed by atoms with Crippen LogP contribution in [0.3, 0.4) is 0 Å². The van der Waals surface area contributed by atoms with Gasteiger partial charge in [0.05, 0.1) is 17.4 Å². The SMILES string of the molecule is COc1cccc(CNC(=O)[C@@]2(C)CCCN(S(=O)(=O)c3ccc(C4CCCCC4)cc3)C2)c1. The van der Waals surface area contributed by atoms with Gasteiger partial charge in [0.2, 0.25) is 15.9 Å². The van der Waals surface area contributed by atoms with Crippen LogP contribution < -0.4 is 10.1 Å². The quantitative estimate of drug-likeness (QED) is 0.610. The molecular weight excluding hydrogens is 448 g/mol. The first kappa shape index (κ1) is 24.7. The third-order valence-electron chi connectivity index (χ3n) is 7.39. The summed E-state index contributed by atoms with van der Waals surface area (Å²) < 4.78 is 33.6. The van der Waals surface area contributed by atoms with Gasteiger partial charge >= 0.3 is 0 Å². The fourth-order valence-corrected chi connectivity index (χ4v) is 6.86. The summed E-state index contributed by atoms with van der Waals surface area (Å²) in [6.07, 6.45) is 7.46. The first-order chi connectivity index (χ1) is 16.3. The first-order valence-electron chi connectivity index (χ1n) is 12.3. The molecular formula is C27H36N2O4S. The molecule has 1 amide bonds. The van der Waals surface area contributed by atoms with Gasteiger partial charge in [-0.3, -0.25) is 4.79 Å². The van der Waals surface area contributed by atoms with Crippen molar-refractivity contribution in [2.75, 3.05) is 20.2 Å². The zero-order valence-electron chi connectivity index (χ0n) is 20.3. The monoisotopic (exact) mass is 484 g/mol. The minimum absolute atomic E-state index is 0.122. The van der Waals surface area contributed by atoms with Crippen molar-refractivity contribution in [2.45, 2.75) is 69.2 Å². The average Bonchev–Trinajstić information content (AvgIpc) is 2.88. The molecule has 1 saturated carbocycles. The Kier molecular flexibility index (Phi) is 7.63. The molecule has 2 aromatic carbocycles. The maximum Gasteiger partial charge on any atom is 0.243 e. The summed E-state index contributed by atoms with van der Waals surface area (Å²) in [5.74, 6) is 1.15. The lowest BCUT2D eigenvalue weighted by Gasteiger charge is -2.38. The van der Waals surface area contributed by atoms with Crippen molar-refractivity contribution in [2.24, 2.45) is 5.41 Å². The highest BCUT2D eigenvalue weighted by molar-refractivity contribution is 7.89. The Balaban J connectivity index is 1.42. The van der Waals surface area contributed by atoms with Gasteiger partial charge in [-0.25, -0.2) is 8.42 Å². The van der Waals surface area contributed by atoms with Gasteiger partial charge in [0.25, 0.3) is 0 Å². The fraction of sp³-hybridized carbons (Fsp3) is 0.519. The van der Waals surface area contributed by atoms with Gasteiger partial charge < -0.3 is 10.1 Å². The smallest absolute Gasteiger partial charge is 0.243 e. The van der Waals surface area contributed by atoms with Crippen LogP contribution in [-0.2, 0) is 21.4 Å². The number of nitrogens with one attached hydrogen (secondary N) is 1. The van der Waals surface area contributed by atoms with Gasteiger partial charge in [-0.1, -0.05) is 43.5 Å². The summed E-state index contributed by atoms with van der Waals surface area (Å²) in [6, 6.07) is 15.0. The highest BCUT2D eigenvalue weighted by atomic mass is 32.2. The number of amides is 1. The number of carbonyl (C=O) groups is 1. The van der Waals surface area contributed by atoms with Crippen LogP contribution in [0.1, 0.15) is 68.9 Å². The zero-order chi connectivity index (χ0) is 24.2. The molecule has 1 heterocycles. The number of nitrogens with zero attached hydrogens (tertiary/aromatic N) is 1. The maximum absolute atomic E-state index is 13.4. The second-order valence-corrected chi connectivity index (χ2v) is 11.9. The van der Waals surface area contributed by atoms with Gasteiger partial charge in [0.15, 0.2) is 0 Å². The predicted octanol–water partition coefficient (Wildman–Crippen LogP) is 4.85. The maximum atomic E-state index is 13.4. The normalized spacial score (nSPS) is 22.3. The van der Waals surface area contributed by atoms with Crippen molar-refractivity contribution >= 4 is 15.9 Å². The molecule has 1 N–H and O–H groups in total. The Morgan fingerprint density at radius 1 is 1.09 bits per heavy atom. The summed E-state index contributed by atoms with van der Waals surface area (Å²) in [5.41, 5.74) is 1.40. The molecule has 34 heavy (non-hydrogen) atoms. The van der Waals surface area contributed by atoms with Crippen LogP contribution in [0.15, 0.2) is 53.4 Å². The Hall–Kier alpha value is -2.38. The molecule has 0 aromatic heterocycles. The van der Waals surface area contributed by atoms with Crippen LogP contribution in [0.5, 0.6) is 5.75 Å². The van der Waals surface area contributed by atoms with E-state index in [9.17, 15) is 13.2 Å². The summed E-state index contributed by atoms with van der Waals surface area (Å²) >= 11 is 0. The van der Waals surface area contributed by atoms with Crippen LogP contribution in [0, 0.1) is 5.41 Å². The molecule has 0 unspecified atom stereocenters. The number of piperidine rings is 1. The van der Waals surface area contributed by atoms with Crippen LogP contribution >= 0.6 is 0 Å². The molecule has 7 heteroatoms. The summed E-state index contributed by atoms with van der Waals surface area (Å²) in [6.45, 7) is 2.86. The Morgan fingerprint density at radius 2 is 1.82 bits per heavy atom. The number of sulfonamides is 1. The van der Waals surface area contributed by atoms with Gasteiger partial charge in [0.1, 0.15) is 5.75 Å². The van der Waals surface area contributed by atoms with Crippen molar-refractivity contribution < 1.29 is 17.9 Å². The molecule has 1 aliphatic heterocycles. The van der Waals surface area contributed by atoms with Gasteiger partial charge in [0, 0.05) is 19.6 Å². The van der Waals surface area contributed by atoms with E-state index in [0.29, 0.717) is 36.7 Å². The summed E-state index contributed by atoms with van der Waals surface area (Å²) in [7, 11) is -2.04. The number of ether oxygens (including phenoxy) is 1. The van der Waals surface area contributed by atoms with Crippen LogP contribution in [0.2, 0.25) is 0 Å². The summed E-state index contributed by atoms with van der Waals surface area (Å²) in [5, 5.41) is 3.00. The molecule has 4 rings (SSSR count). The van der Waals surface area contributed by atoms with Crippen molar-refractivity contribution in [3.05, 3.63) is 59.7 Å². The van der Waals surface area contributed by atoms with E-state index in [1.807, 2.05) is 43.3 Å².